The molecule has 44 heavy (non-hydrogen) atoms. The van der Waals surface area contributed by atoms with Crippen molar-refractivity contribution in [1.29, 1.82) is 0 Å². The van der Waals surface area contributed by atoms with Crippen molar-refractivity contribution in [2.45, 2.75) is 29.4 Å². The largest absolute Gasteiger partial charge is 0.308 e. The Hall–Kier alpha value is -4.00. The minimum atomic E-state index is -3.32. The maximum atomic E-state index is 16.7. The summed E-state index contributed by atoms with van der Waals surface area (Å²) in [6.45, 7) is 0. The fourth-order valence-electron chi connectivity index (χ4n) is 8.01. The van der Waals surface area contributed by atoms with Crippen molar-refractivity contribution in [3.63, 3.8) is 0 Å². The van der Waals surface area contributed by atoms with E-state index in [9.17, 15) is 0 Å². The molecule has 4 nitrogen and oxygen atoms in total. The highest BCUT2D eigenvalue weighted by Crippen LogP contribution is 2.72. The molecule has 6 aliphatic heterocycles. The highest BCUT2D eigenvalue weighted by molar-refractivity contribution is 8.00. The average molecular weight is 636 g/mol. The Balaban J connectivity index is 1.32. The minimum absolute atomic E-state index is 0.981. The molecule has 6 aromatic rings. The molecule has 6 aliphatic rings. The lowest BCUT2D eigenvalue weighted by molar-refractivity contribution is 0.592. The van der Waals surface area contributed by atoms with Gasteiger partial charge in [0.25, 0.3) is 0 Å². The molecule has 6 heterocycles. The minimum Gasteiger partial charge on any atom is -0.308 e. The summed E-state index contributed by atoms with van der Waals surface area (Å²) in [4.78, 5) is 14.4. The lowest BCUT2D eigenvalue weighted by Crippen LogP contribution is -2.49. The molecule has 0 amide bonds. The number of anilines is 9. The van der Waals surface area contributed by atoms with Gasteiger partial charge in [-0.05, 0) is 72.8 Å². The van der Waals surface area contributed by atoms with Crippen LogP contribution in [0.25, 0.3) is 0 Å². The van der Waals surface area contributed by atoms with Crippen molar-refractivity contribution in [3.05, 3.63) is 109 Å². The van der Waals surface area contributed by atoms with E-state index in [0.717, 1.165) is 81.8 Å². The number of hydrogen-bond acceptors (Lipinski definition) is 7. The zero-order chi connectivity index (χ0) is 28.5. The van der Waals surface area contributed by atoms with E-state index in [1.807, 2.05) is 0 Å². The number of fused-ring (bicyclic) bond motifs is 9. The van der Waals surface area contributed by atoms with Gasteiger partial charge in [0.2, 0.25) is 0 Å². The fraction of sp³-hybridized carbons (Fsp3) is 0. The molecule has 0 saturated heterocycles. The summed E-state index contributed by atoms with van der Waals surface area (Å²) in [6, 6.07) is 39.4. The molecule has 6 aromatic carbocycles. The monoisotopic (exact) mass is 635 g/mol. The van der Waals surface area contributed by atoms with E-state index in [4.69, 9.17) is 0 Å². The van der Waals surface area contributed by atoms with Crippen LogP contribution >= 0.6 is 42.4 Å². The van der Waals surface area contributed by atoms with Crippen molar-refractivity contribution in [1.82, 2.24) is 0 Å². The molecule has 0 saturated carbocycles. The van der Waals surface area contributed by atoms with Gasteiger partial charge in [-0.2, -0.15) is 0 Å². The molecule has 0 bridgehead atoms. The zero-order valence-corrected chi connectivity index (χ0v) is 26.2. The molecule has 0 atom stereocenters. The van der Waals surface area contributed by atoms with Crippen LogP contribution in [0, 0.1) is 0 Å². The van der Waals surface area contributed by atoms with E-state index in [1.54, 1.807) is 35.3 Å². The first-order chi connectivity index (χ1) is 21.7. The second-order valence-corrected chi connectivity index (χ2v) is 17.5. The van der Waals surface area contributed by atoms with Gasteiger partial charge in [-0.15, -0.1) is 0 Å². The Kier molecular flexibility index (Phi) is 4.05. The second kappa shape index (κ2) is 7.61. The van der Waals surface area contributed by atoms with Gasteiger partial charge in [0, 0.05) is 29.4 Å². The van der Waals surface area contributed by atoms with Crippen LogP contribution in [0.2, 0.25) is 0 Å². The maximum absolute atomic E-state index is 16.7. The maximum Gasteiger partial charge on any atom is 0.183 e. The summed E-state index contributed by atoms with van der Waals surface area (Å²) in [5, 5.41) is 2.94. The number of hydrogen-bond donors (Lipinski definition) is 0. The summed E-state index contributed by atoms with van der Waals surface area (Å²) in [6.07, 6.45) is 0. The van der Waals surface area contributed by atoms with Gasteiger partial charge in [0.05, 0.1) is 67.1 Å². The van der Waals surface area contributed by atoms with E-state index >= 15 is 4.57 Å². The smallest absolute Gasteiger partial charge is 0.183 e. The molecule has 0 unspecified atom stereocenters. The average Bonchev–Trinajstić information content (AvgIpc) is 3.06. The molecule has 0 fully saturated rings. The van der Waals surface area contributed by atoms with Crippen LogP contribution in [0.5, 0.6) is 0 Å². The van der Waals surface area contributed by atoms with Crippen LogP contribution in [0.4, 0.5) is 51.2 Å². The van der Waals surface area contributed by atoms with Crippen LogP contribution in [0.3, 0.4) is 0 Å². The highest BCUT2D eigenvalue weighted by Gasteiger charge is 2.58. The molecular weight excluding hydrogens is 618 g/mol. The van der Waals surface area contributed by atoms with E-state index < -0.39 is 7.14 Å². The Labute approximate surface area is 266 Å². The van der Waals surface area contributed by atoms with Gasteiger partial charge in [0.1, 0.15) is 0 Å². The van der Waals surface area contributed by atoms with Gasteiger partial charge < -0.3 is 19.3 Å². The van der Waals surface area contributed by atoms with Crippen molar-refractivity contribution >= 4 is 110 Å². The Morgan fingerprint density at radius 3 is 1.02 bits per heavy atom. The predicted octanol–water partition coefficient (Wildman–Crippen LogP) is 10.1. The predicted molar refractivity (Wildman–Crippen MR) is 183 cm³/mol. The Bertz CT molecular complexity index is 2190. The summed E-state index contributed by atoms with van der Waals surface area (Å²) >= 11 is 5.37. The third-order valence-corrected chi connectivity index (χ3v) is 16.2. The number of para-hydroxylation sites is 3. The van der Waals surface area contributed by atoms with Crippen molar-refractivity contribution < 1.29 is 4.57 Å². The van der Waals surface area contributed by atoms with Gasteiger partial charge in [-0.25, -0.2) is 0 Å². The molecule has 0 aromatic heterocycles. The van der Waals surface area contributed by atoms with Crippen LogP contribution in [0.1, 0.15) is 0 Å². The normalized spacial score (nSPS) is 17.0. The zero-order valence-electron chi connectivity index (χ0n) is 22.8. The molecule has 8 heteroatoms. The lowest BCUT2D eigenvalue weighted by Gasteiger charge is -2.53. The van der Waals surface area contributed by atoms with Crippen molar-refractivity contribution in [3.8, 4) is 0 Å². The van der Waals surface area contributed by atoms with E-state index in [2.05, 4.69) is 124 Å². The Morgan fingerprint density at radius 1 is 0.364 bits per heavy atom. The number of rotatable bonds is 0. The lowest BCUT2D eigenvalue weighted by atomic mass is 10.1. The van der Waals surface area contributed by atoms with E-state index in [-0.39, 0.29) is 0 Å². The fourth-order valence-corrected chi connectivity index (χ4v) is 15.2. The number of benzene rings is 6. The van der Waals surface area contributed by atoms with Gasteiger partial charge in [0.15, 0.2) is 7.14 Å². The summed E-state index contributed by atoms with van der Waals surface area (Å²) in [7, 11) is -3.32. The van der Waals surface area contributed by atoms with Crippen molar-refractivity contribution in [2.24, 2.45) is 0 Å². The topological polar surface area (TPSA) is 26.8 Å². The van der Waals surface area contributed by atoms with Gasteiger partial charge in [-0.1, -0.05) is 71.7 Å². The first kappa shape index (κ1) is 23.4. The molecule has 12 rings (SSSR count). The highest BCUT2D eigenvalue weighted by atomic mass is 32.2. The molecule has 0 N–H and O–H groups in total. The third-order valence-electron chi connectivity index (χ3n) is 9.60. The standard InChI is InChI=1S/C36H18N3OPS3/c40-41-34-22-13-16-29-32(34)39(21-9-3-6-12-27(21)43-29)24-15-18-30-33(36(24)41)38(20-8-2-5-11-26(20)44-30)23-14-17-28-31(35(23)41)37(22)19-7-1-4-10-25(19)42-28/h1-18H. The first-order valence-electron chi connectivity index (χ1n) is 14.6. The van der Waals surface area contributed by atoms with E-state index in [1.165, 1.54) is 14.7 Å². The first-order valence-corrected chi connectivity index (χ1v) is 18.7. The van der Waals surface area contributed by atoms with Gasteiger partial charge in [-0.3, -0.25) is 0 Å². The molecule has 0 radical (unpaired) electrons. The van der Waals surface area contributed by atoms with Crippen molar-refractivity contribution in [2.75, 3.05) is 14.7 Å². The second-order valence-electron chi connectivity index (χ2n) is 11.7. The summed E-state index contributed by atoms with van der Waals surface area (Å²) in [5.41, 5.74) is 9.80. The molecular formula is C36H18N3OPS3. The molecule has 0 spiro atoms. The molecule has 0 aliphatic carbocycles. The Morgan fingerprint density at radius 2 is 0.682 bits per heavy atom. The van der Waals surface area contributed by atoms with Crippen LogP contribution in [-0.2, 0) is 4.57 Å². The summed E-state index contributed by atoms with van der Waals surface area (Å²) in [5.74, 6) is 0. The third kappa shape index (κ3) is 2.44. The van der Waals surface area contributed by atoms with Crippen LogP contribution < -0.4 is 30.6 Å². The molecule has 206 valence electrons. The summed E-state index contributed by atoms with van der Waals surface area (Å²) < 4.78 is 16.7. The SMILES string of the molecule is O=P12c3c4ccc5c3N(c3ccccc3S5)c3ccc5c(c31)N(c1ccccc1S5)c1ccc3c(c12)N4c1ccccc1S3. The quantitative estimate of drug-likeness (QED) is 0.153. The van der Waals surface area contributed by atoms with Crippen LogP contribution in [-0.4, -0.2) is 0 Å². The van der Waals surface area contributed by atoms with Crippen LogP contribution in [0.15, 0.2) is 139 Å². The van der Waals surface area contributed by atoms with E-state index in [0.29, 0.717) is 0 Å². The van der Waals surface area contributed by atoms with Gasteiger partial charge >= 0.3 is 0 Å². The number of nitrogens with zero attached hydrogens (tertiary/aromatic N) is 3.